The van der Waals surface area contributed by atoms with Gasteiger partial charge < -0.3 is 10.8 Å². The van der Waals surface area contributed by atoms with E-state index >= 15 is 0 Å². The Kier molecular flexibility index (Phi) is 5.24. The molecule has 0 radical (unpaired) electrons. The zero-order valence-corrected chi connectivity index (χ0v) is 11.1. The summed E-state index contributed by atoms with van der Waals surface area (Å²) in [7, 11) is -4.32. The van der Waals surface area contributed by atoms with Crippen molar-refractivity contribution < 1.29 is 22.9 Å². The lowest BCUT2D eigenvalue weighted by atomic mass is 10.2. The van der Waals surface area contributed by atoms with Gasteiger partial charge in [-0.05, 0) is 30.3 Å². The molecule has 7 heteroatoms. The van der Waals surface area contributed by atoms with Crippen molar-refractivity contribution >= 4 is 21.8 Å². The molecule has 0 fully saturated rings. The second-order valence-electron chi connectivity index (χ2n) is 3.72. The van der Waals surface area contributed by atoms with Crippen molar-refractivity contribution in [3.63, 3.8) is 0 Å². The third kappa shape index (κ3) is 5.09. The molecule has 6 nitrogen and oxygen atoms in total. The average molecular weight is 295 g/mol. The van der Waals surface area contributed by atoms with E-state index in [1.54, 1.807) is 0 Å². The maximum absolute atomic E-state index is 10.6. The second kappa shape index (κ2) is 6.69. The summed E-state index contributed by atoms with van der Waals surface area (Å²) in [5, 5.41) is 8.50. The van der Waals surface area contributed by atoms with E-state index in [-0.39, 0.29) is 5.56 Å². The van der Waals surface area contributed by atoms with Crippen molar-refractivity contribution in [1.82, 2.24) is 0 Å². The van der Waals surface area contributed by atoms with E-state index in [0.717, 1.165) is 17.8 Å². The molecule has 0 atom stereocenters. The quantitative estimate of drug-likeness (QED) is 0.575. The van der Waals surface area contributed by atoms with E-state index in [1.165, 1.54) is 12.1 Å². The van der Waals surface area contributed by atoms with Crippen molar-refractivity contribution in [2.45, 2.75) is 4.90 Å². The highest BCUT2D eigenvalue weighted by molar-refractivity contribution is 7.85. The summed E-state index contributed by atoms with van der Waals surface area (Å²) in [6.07, 6.45) is 0. The van der Waals surface area contributed by atoms with Gasteiger partial charge in [-0.25, -0.2) is 4.79 Å². The van der Waals surface area contributed by atoms with Gasteiger partial charge >= 0.3 is 5.97 Å². The summed E-state index contributed by atoms with van der Waals surface area (Å²) in [5.74, 6) is -1.24. The molecule has 0 saturated heterocycles. The summed E-state index contributed by atoms with van der Waals surface area (Å²) in [5.41, 5.74) is 5.99. The van der Waals surface area contributed by atoms with Crippen molar-refractivity contribution in [3.05, 3.63) is 60.2 Å². The smallest absolute Gasteiger partial charge is 0.335 e. The van der Waals surface area contributed by atoms with Crippen LogP contribution in [0.15, 0.2) is 59.5 Å². The zero-order valence-electron chi connectivity index (χ0n) is 10.3. The van der Waals surface area contributed by atoms with E-state index in [9.17, 15) is 13.2 Å². The summed E-state index contributed by atoms with van der Waals surface area (Å²) in [4.78, 5) is 9.98. The molecule has 0 unspecified atom stereocenters. The van der Waals surface area contributed by atoms with E-state index < -0.39 is 21.0 Å². The number of aromatic carboxylic acids is 1. The van der Waals surface area contributed by atoms with Gasteiger partial charge in [-0.3, -0.25) is 4.55 Å². The van der Waals surface area contributed by atoms with Gasteiger partial charge in [-0.1, -0.05) is 24.3 Å². The fraction of sp³-hybridized carbons (Fsp3) is 0. The number of nitrogens with two attached hydrogens (primary N) is 1. The highest BCUT2D eigenvalue weighted by atomic mass is 32.2. The predicted octanol–water partition coefficient (Wildman–Crippen LogP) is 1.90. The molecule has 0 saturated carbocycles. The van der Waals surface area contributed by atoms with Gasteiger partial charge in [0.15, 0.2) is 0 Å². The monoisotopic (exact) mass is 295 g/mol. The van der Waals surface area contributed by atoms with Gasteiger partial charge in [-0.2, -0.15) is 8.42 Å². The number of nitrogen functional groups attached to an aromatic ring is 1. The minimum atomic E-state index is -4.32. The Morgan fingerprint density at radius 2 is 1.60 bits per heavy atom. The minimum absolute atomic E-state index is 0.185. The van der Waals surface area contributed by atoms with Gasteiger partial charge in [0, 0.05) is 5.69 Å². The van der Waals surface area contributed by atoms with Crippen LogP contribution in [0, 0.1) is 0 Å². The Balaban J connectivity index is 0.000000240. The van der Waals surface area contributed by atoms with E-state index in [2.05, 4.69) is 0 Å². The van der Waals surface area contributed by atoms with Crippen LogP contribution < -0.4 is 5.73 Å². The molecule has 0 heterocycles. The summed E-state index contributed by atoms with van der Waals surface area (Å²) in [6.45, 7) is 0. The van der Waals surface area contributed by atoms with Gasteiger partial charge in [0.1, 0.15) is 0 Å². The molecular weight excluding hydrogens is 282 g/mol. The number of para-hydroxylation sites is 1. The Morgan fingerprint density at radius 1 is 1.00 bits per heavy atom. The molecule has 106 valence electrons. The number of rotatable bonds is 2. The van der Waals surface area contributed by atoms with Crippen LogP contribution in [0.5, 0.6) is 0 Å². The maximum atomic E-state index is 10.6. The molecule has 0 aliphatic heterocycles. The lowest BCUT2D eigenvalue weighted by Gasteiger charge is -1.97. The van der Waals surface area contributed by atoms with E-state index in [4.69, 9.17) is 15.4 Å². The molecule has 0 aliphatic rings. The fourth-order valence-corrected chi connectivity index (χ4v) is 1.77. The van der Waals surface area contributed by atoms with Crippen LogP contribution in [0.4, 0.5) is 5.69 Å². The first-order valence-electron chi connectivity index (χ1n) is 5.42. The van der Waals surface area contributed by atoms with Crippen LogP contribution in [0.25, 0.3) is 0 Å². The van der Waals surface area contributed by atoms with Crippen LogP contribution in [-0.2, 0) is 10.1 Å². The Morgan fingerprint density at radius 3 is 2.00 bits per heavy atom. The fourth-order valence-electron chi connectivity index (χ4n) is 1.24. The van der Waals surface area contributed by atoms with Crippen LogP contribution in [0.1, 0.15) is 10.4 Å². The molecule has 2 aromatic rings. The van der Waals surface area contributed by atoms with Crippen molar-refractivity contribution in [2.75, 3.05) is 5.73 Å². The van der Waals surface area contributed by atoms with E-state index in [1.807, 2.05) is 30.3 Å². The maximum Gasteiger partial charge on any atom is 0.335 e. The number of benzene rings is 2. The third-order valence-corrected chi connectivity index (χ3v) is 3.03. The number of hydrogen-bond donors (Lipinski definition) is 3. The average Bonchev–Trinajstić information content (AvgIpc) is 2.39. The molecule has 0 aromatic heterocycles. The minimum Gasteiger partial charge on any atom is -0.478 e. The third-order valence-electron chi connectivity index (χ3n) is 2.18. The zero-order chi connectivity index (χ0) is 15.2. The summed E-state index contributed by atoms with van der Waals surface area (Å²) in [6, 6.07) is 14.0. The molecule has 0 bridgehead atoms. The molecule has 4 N–H and O–H groups in total. The SMILES string of the molecule is Nc1ccccc1.O=C(O)c1cccc(S(=O)(=O)O)c1. The largest absolute Gasteiger partial charge is 0.478 e. The Bertz CT molecular complexity index is 683. The predicted molar refractivity (Wildman–Crippen MR) is 74.1 cm³/mol. The van der Waals surface area contributed by atoms with Gasteiger partial charge in [0.2, 0.25) is 0 Å². The second-order valence-corrected chi connectivity index (χ2v) is 5.14. The number of carboxylic acid groups (broad SMARTS) is 1. The number of carbonyl (C=O) groups is 1. The first-order valence-corrected chi connectivity index (χ1v) is 6.86. The molecule has 0 amide bonds. The number of hydrogen-bond acceptors (Lipinski definition) is 4. The van der Waals surface area contributed by atoms with Gasteiger partial charge in [0.25, 0.3) is 10.1 Å². The Labute approximate surface area is 116 Å². The molecule has 2 rings (SSSR count). The van der Waals surface area contributed by atoms with Crippen molar-refractivity contribution in [1.29, 1.82) is 0 Å². The van der Waals surface area contributed by atoms with Crippen LogP contribution >= 0.6 is 0 Å². The molecule has 20 heavy (non-hydrogen) atoms. The van der Waals surface area contributed by atoms with Crippen molar-refractivity contribution in [2.24, 2.45) is 0 Å². The molecule has 0 aliphatic carbocycles. The van der Waals surface area contributed by atoms with Crippen LogP contribution in [-0.4, -0.2) is 24.0 Å². The first kappa shape index (κ1) is 15.7. The highest BCUT2D eigenvalue weighted by Crippen LogP contribution is 2.10. The van der Waals surface area contributed by atoms with E-state index in [0.29, 0.717) is 0 Å². The number of anilines is 1. The van der Waals surface area contributed by atoms with Crippen LogP contribution in [0.2, 0.25) is 0 Å². The topological polar surface area (TPSA) is 118 Å². The molecule has 0 spiro atoms. The Hall–Kier alpha value is -2.38. The van der Waals surface area contributed by atoms with Crippen molar-refractivity contribution in [3.8, 4) is 0 Å². The van der Waals surface area contributed by atoms with Gasteiger partial charge in [-0.15, -0.1) is 0 Å². The summed E-state index contributed by atoms with van der Waals surface area (Å²) >= 11 is 0. The lowest BCUT2D eigenvalue weighted by Crippen LogP contribution is -2.01. The van der Waals surface area contributed by atoms with Crippen LogP contribution in [0.3, 0.4) is 0 Å². The summed E-state index contributed by atoms with van der Waals surface area (Å²) < 4.78 is 29.7. The lowest BCUT2D eigenvalue weighted by molar-refractivity contribution is 0.0696. The first-order chi connectivity index (χ1) is 9.30. The number of carboxylic acids is 1. The standard InChI is InChI=1S/C7H6O5S.C6H7N/c8-7(9)5-2-1-3-6(4-5)13(10,11)12;7-6-4-2-1-3-5-6/h1-4H,(H,8,9)(H,10,11,12);1-5H,7H2. The normalized spacial score (nSPS) is 10.2. The molecule has 2 aromatic carbocycles. The molecular formula is C13H13NO5S. The highest BCUT2D eigenvalue weighted by Gasteiger charge is 2.11. The van der Waals surface area contributed by atoms with Gasteiger partial charge in [0.05, 0.1) is 10.5 Å².